The average molecular weight is 513 g/mol. The van der Waals surface area contributed by atoms with Crippen LogP contribution in [0.2, 0.25) is 0 Å². The third kappa shape index (κ3) is 4.83. The number of ether oxygens (including phenoxy) is 2. The molecule has 3 heterocycles. The summed E-state index contributed by atoms with van der Waals surface area (Å²) in [5, 5.41) is 9.29. The van der Waals surface area contributed by atoms with Crippen LogP contribution in [0.3, 0.4) is 0 Å². The first-order chi connectivity index (χ1) is 17.8. The molecule has 0 radical (unpaired) electrons. The maximum absolute atomic E-state index is 14.1. The SMILES string of the molecule is CN[C@H](C(=O)N[C@H]1CCOC2CC3(CCCC3)[C@@H](C(=O)N[C@@H]3CCOc4ccccc43)N2C1=O)C(C)C. The molecule has 37 heavy (non-hydrogen) atoms. The highest BCUT2D eigenvalue weighted by Gasteiger charge is 2.59. The molecule has 9 heteroatoms. The van der Waals surface area contributed by atoms with Crippen molar-refractivity contribution in [2.24, 2.45) is 11.3 Å². The van der Waals surface area contributed by atoms with Gasteiger partial charge < -0.3 is 30.3 Å². The van der Waals surface area contributed by atoms with Crippen LogP contribution in [0, 0.1) is 11.3 Å². The van der Waals surface area contributed by atoms with Crippen LogP contribution >= 0.6 is 0 Å². The number of likely N-dealkylation sites (N-methyl/N-ethyl adjacent to an activating group) is 1. The molecule has 5 rings (SSSR count). The Bertz CT molecular complexity index is 1020. The van der Waals surface area contributed by atoms with E-state index in [-0.39, 0.29) is 35.1 Å². The van der Waals surface area contributed by atoms with Crippen LogP contribution in [0.4, 0.5) is 0 Å². The van der Waals surface area contributed by atoms with E-state index in [1.807, 2.05) is 38.1 Å². The van der Waals surface area contributed by atoms with Crippen molar-refractivity contribution >= 4 is 17.7 Å². The van der Waals surface area contributed by atoms with Crippen LogP contribution in [0.15, 0.2) is 24.3 Å². The number of carbonyl (C=O) groups is 3. The van der Waals surface area contributed by atoms with E-state index in [0.29, 0.717) is 32.5 Å². The Labute approximate surface area is 219 Å². The molecule has 9 nitrogen and oxygen atoms in total. The summed E-state index contributed by atoms with van der Waals surface area (Å²) in [5.74, 6) is 0.310. The minimum Gasteiger partial charge on any atom is -0.493 e. The van der Waals surface area contributed by atoms with Gasteiger partial charge in [-0.25, -0.2) is 0 Å². The summed E-state index contributed by atoms with van der Waals surface area (Å²) in [6.45, 7) is 4.83. The fourth-order valence-electron chi connectivity index (χ4n) is 6.92. The molecule has 3 amide bonds. The minimum atomic E-state index is -0.720. The lowest BCUT2D eigenvalue weighted by molar-refractivity contribution is -0.150. The number of hydrogen-bond acceptors (Lipinski definition) is 6. The third-order valence-corrected chi connectivity index (χ3v) is 8.72. The summed E-state index contributed by atoms with van der Waals surface area (Å²) >= 11 is 0. The molecule has 5 atom stereocenters. The van der Waals surface area contributed by atoms with Crippen LogP contribution < -0.4 is 20.7 Å². The van der Waals surface area contributed by atoms with Gasteiger partial charge in [0.15, 0.2) is 0 Å². The summed E-state index contributed by atoms with van der Waals surface area (Å²) in [7, 11) is 1.75. The van der Waals surface area contributed by atoms with Gasteiger partial charge in [0.25, 0.3) is 0 Å². The smallest absolute Gasteiger partial charge is 0.247 e. The normalized spacial score (nSPS) is 29.3. The van der Waals surface area contributed by atoms with Gasteiger partial charge in [-0.2, -0.15) is 0 Å². The molecular weight excluding hydrogens is 472 g/mol. The molecule has 2 saturated heterocycles. The maximum atomic E-state index is 14.1. The van der Waals surface area contributed by atoms with E-state index in [1.54, 1.807) is 11.9 Å². The van der Waals surface area contributed by atoms with Crippen molar-refractivity contribution in [1.82, 2.24) is 20.9 Å². The standard InChI is InChI=1S/C28H40N4O5/c1-17(2)23(29-3)25(33)31-20-11-15-37-22-16-28(12-6-7-13-28)24(32(22)27(20)35)26(34)30-19-10-14-36-21-9-5-4-8-18(19)21/h4-5,8-9,17,19-20,22-24,29H,6-7,10-16H2,1-3H3,(H,30,34)(H,31,33)/t19-,20+,22?,23+,24-/m1/s1. The second-order valence-corrected chi connectivity index (χ2v) is 11.3. The van der Waals surface area contributed by atoms with Crippen LogP contribution in [0.5, 0.6) is 5.75 Å². The van der Waals surface area contributed by atoms with Crippen molar-refractivity contribution in [3.63, 3.8) is 0 Å². The van der Waals surface area contributed by atoms with Crippen LogP contribution in [-0.2, 0) is 19.1 Å². The first-order valence-corrected chi connectivity index (χ1v) is 13.8. The molecule has 3 N–H and O–H groups in total. The number of para-hydroxylation sites is 1. The minimum absolute atomic E-state index is 0.0734. The van der Waals surface area contributed by atoms with Crippen LogP contribution in [0.1, 0.15) is 70.4 Å². The summed E-state index contributed by atoms with van der Waals surface area (Å²) in [6.07, 6.45) is 5.14. The van der Waals surface area contributed by atoms with E-state index in [0.717, 1.165) is 37.0 Å². The maximum Gasteiger partial charge on any atom is 0.247 e. The number of amides is 3. The lowest BCUT2D eigenvalue weighted by atomic mass is 9.77. The summed E-state index contributed by atoms with van der Waals surface area (Å²) < 4.78 is 12.0. The van der Waals surface area contributed by atoms with E-state index in [2.05, 4.69) is 16.0 Å². The van der Waals surface area contributed by atoms with Gasteiger partial charge in [-0.15, -0.1) is 0 Å². The van der Waals surface area contributed by atoms with Gasteiger partial charge in [-0.3, -0.25) is 14.4 Å². The molecule has 1 unspecified atom stereocenters. The average Bonchev–Trinajstić information content (AvgIpc) is 3.44. The number of nitrogens with zero attached hydrogens (tertiary/aromatic N) is 1. The highest BCUT2D eigenvalue weighted by atomic mass is 16.5. The number of rotatable bonds is 6. The van der Waals surface area contributed by atoms with Crippen molar-refractivity contribution in [3.8, 4) is 5.75 Å². The zero-order valence-corrected chi connectivity index (χ0v) is 22.1. The zero-order valence-electron chi connectivity index (χ0n) is 22.1. The van der Waals surface area contributed by atoms with Crippen LogP contribution in [0.25, 0.3) is 0 Å². The third-order valence-electron chi connectivity index (χ3n) is 8.72. The Hall–Kier alpha value is -2.65. The lowest BCUT2D eigenvalue weighted by Crippen LogP contribution is -2.59. The molecule has 4 aliphatic rings. The molecule has 1 aromatic rings. The number of fused-ring (bicyclic) bond motifs is 2. The van der Waals surface area contributed by atoms with Crippen molar-refractivity contribution in [3.05, 3.63) is 29.8 Å². The predicted octanol–water partition coefficient (Wildman–Crippen LogP) is 2.26. The Morgan fingerprint density at radius 3 is 2.51 bits per heavy atom. The molecule has 3 fully saturated rings. The van der Waals surface area contributed by atoms with Crippen molar-refractivity contribution in [1.29, 1.82) is 0 Å². The van der Waals surface area contributed by atoms with Crippen LogP contribution in [-0.4, -0.2) is 67.2 Å². The largest absolute Gasteiger partial charge is 0.493 e. The molecule has 1 aliphatic carbocycles. The van der Waals surface area contributed by atoms with Crippen molar-refractivity contribution < 1.29 is 23.9 Å². The van der Waals surface area contributed by atoms with Crippen molar-refractivity contribution in [2.75, 3.05) is 20.3 Å². The molecule has 1 aromatic carbocycles. The Morgan fingerprint density at radius 1 is 1.05 bits per heavy atom. The molecule has 0 bridgehead atoms. The van der Waals surface area contributed by atoms with Gasteiger partial charge in [0.1, 0.15) is 24.1 Å². The van der Waals surface area contributed by atoms with Gasteiger partial charge in [0.2, 0.25) is 17.7 Å². The quantitative estimate of drug-likeness (QED) is 0.540. The molecular formula is C28H40N4O5. The zero-order chi connectivity index (χ0) is 26.2. The second kappa shape index (κ2) is 10.6. The van der Waals surface area contributed by atoms with Gasteiger partial charge in [-0.05, 0) is 31.9 Å². The second-order valence-electron chi connectivity index (χ2n) is 11.3. The topological polar surface area (TPSA) is 109 Å². The number of hydrogen-bond donors (Lipinski definition) is 3. The Kier molecular flexibility index (Phi) is 7.45. The summed E-state index contributed by atoms with van der Waals surface area (Å²) in [4.78, 5) is 42.7. The first-order valence-electron chi connectivity index (χ1n) is 13.8. The highest BCUT2D eigenvalue weighted by molar-refractivity contribution is 5.94. The number of carbonyl (C=O) groups excluding carboxylic acids is 3. The molecule has 3 aliphatic heterocycles. The molecule has 202 valence electrons. The van der Waals surface area contributed by atoms with Gasteiger partial charge in [0.05, 0.1) is 25.3 Å². The fourth-order valence-corrected chi connectivity index (χ4v) is 6.92. The molecule has 0 aromatic heterocycles. The van der Waals surface area contributed by atoms with E-state index in [9.17, 15) is 14.4 Å². The monoisotopic (exact) mass is 512 g/mol. The Morgan fingerprint density at radius 2 is 1.78 bits per heavy atom. The van der Waals surface area contributed by atoms with Gasteiger partial charge >= 0.3 is 0 Å². The summed E-state index contributed by atoms with van der Waals surface area (Å²) in [5.41, 5.74) is 0.666. The van der Waals surface area contributed by atoms with Crippen molar-refractivity contribution in [2.45, 2.75) is 89.2 Å². The van der Waals surface area contributed by atoms with Gasteiger partial charge in [0, 0.05) is 30.2 Å². The van der Waals surface area contributed by atoms with Gasteiger partial charge in [-0.1, -0.05) is 44.9 Å². The summed E-state index contributed by atoms with van der Waals surface area (Å²) in [6, 6.07) is 5.88. The lowest BCUT2D eigenvalue weighted by Gasteiger charge is -2.37. The first kappa shape index (κ1) is 26.0. The van der Waals surface area contributed by atoms with E-state index < -0.39 is 24.4 Å². The van der Waals surface area contributed by atoms with E-state index in [1.165, 1.54) is 0 Å². The highest BCUT2D eigenvalue weighted by Crippen LogP contribution is 2.53. The van der Waals surface area contributed by atoms with E-state index >= 15 is 0 Å². The predicted molar refractivity (Wildman–Crippen MR) is 138 cm³/mol. The Balaban J connectivity index is 1.41. The number of nitrogens with one attached hydrogen (secondary N) is 3. The van der Waals surface area contributed by atoms with E-state index in [4.69, 9.17) is 9.47 Å². The number of benzene rings is 1. The molecule has 1 spiro atoms. The fraction of sp³-hybridized carbons (Fsp3) is 0.679. The molecule has 1 saturated carbocycles.